The SMILES string of the molecule is C=C[C@]1(C)C[C@@H](OC(=O)CSCCCN(C)C(=O)CCn2cnc3c(N4CCC(N)C4)ncnc32)[C@]2(C)[C@H](C)CC[C@]3(CCC(=O)[C@@H]32)[C@@H](C)[C@@H]1O.Cl. The number of ether oxygens (including phenoxy) is 1. The van der Waals surface area contributed by atoms with E-state index in [9.17, 15) is 19.5 Å². The second-order valence-corrected chi connectivity index (χ2v) is 17.4. The number of halogens is 1. The van der Waals surface area contributed by atoms with Gasteiger partial charge in [-0.3, -0.25) is 14.4 Å². The number of Topliss-reactive ketones (excluding diaryl/α,β-unsaturated/α-hetero) is 1. The summed E-state index contributed by atoms with van der Waals surface area (Å²) in [7, 11) is 1.81. The maximum Gasteiger partial charge on any atom is 0.316 e. The summed E-state index contributed by atoms with van der Waals surface area (Å²) >= 11 is 1.50. The number of nitrogens with zero attached hydrogens (tertiary/aromatic N) is 6. The van der Waals surface area contributed by atoms with E-state index in [2.05, 4.69) is 47.2 Å². The number of carbonyl (C=O) groups excluding carboxylic acids is 3. The van der Waals surface area contributed by atoms with Gasteiger partial charge in [0.05, 0.1) is 18.2 Å². The van der Waals surface area contributed by atoms with Gasteiger partial charge in [-0.05, 0) is 61.5 Å². The third kappa shape index (κ3) is 7.23. The molecule has 2 aromatic rings. The number of hydrogen-bond donors (Lipinski definition) is 2. The maximum absolute atomic E-state index is 13.6. The van der Waals surface area contributed by atoms with Gasteiger partial charge in [-0.2, -0.15) is 11.8 Å². The summed E-state index contributed by atoms with van der Waals surface area (Å²) in [6.45, 7) is 15.2. The van der Waals surface area contributed by atoms with Crippen molar-refractivity contribution in [2.75, 3.05) is 43.1 Å². The van der Waals surface area contributed by atoms with Gasteiger partial charge in [0.1, 0.15) is 18.2 Å². The number of imidazole rings is 1. The van der Waals surface area contributed by atoms with E-state index in [1.165, 1.54) is 11.8 Å². The van der Waals surface area contributed by atoms with Crippen molar-refractivity contribution in [1.29, 1.82) is 0 Å². The number of aromatic nitrogens is 4. The normalized spacial score (nSPS) is 34.3. The summed E-state index contributed by atoms with van der Waals surface area (Å²) in [5.41, 5.74) is 6.06. The average Bonchev–Trinajstić information content (AvgIpc) is 3.84. The second-order valence-electron chi connectivity index (χ2n) is 16.3. The number of fused-ring (bicyclic) bond motifs is 1. The van der Waals surface area contributed by atoms with E-state index in [0.29, 0.717) is 43.8 Å². The molecule has 4 fully saturated rings. The monoisotopic (exact) mass is 759 g/mol. The van der Waals surface area contributed by atoms with Gasteiger partial charge in [0.15, 0.2) is 17.0 Å². The number of anilines is 1. The number of rotatable bonds is 12. The highest BCUT2D eigenvalue weighted by Gasteiger charge is 2.68. The molecule has 1 saturated heterocycles. The average molecular weight is 760 g/mol. The van der Waals surface area contributed by atoms with E-state index in [4.69, 9.17) is 10.5 Å². The molecule has 1 amide bonds. The third-order valence-corrected chi connectivity index (χ3v) is 14.5. The van der Waals surface area contributed by atoms with Crippen LogP contribution in [0.2, 0.25) is 0 Å². The molecule has 1 aliphatic heterocycles. The first-order valence-corrected chi connectivity index (χ1v) is 19.9. The zero-order valence-corrected chi connectivity index (χ0v) is 33.1. The minimum Gasteiger partial charge on any atom is -0.461 e. The van der Waals surface area contributed by atoms with E-state index in [1.807, 2.05) is 17.6 Å². The molecular weight excluding hydrogens is 702 g/mol. The van der Waals surface area contributed by atoms with Crippen LogP contribution in [0.25, 0.3) is 11.2 Å². The lowest BCUT2D eigenvalue weighted by molar-refractivity contribution is -0.205. The predicted molar refractivity (Wildman–Crippen MR) is 206 cm³/mol. The molecule has 12 nitrogen and oxygen atoms in total. The molecule has 4 aliphatic rings. The molecule has 3 aliphatic carbocycles. The van der Waals surface area contributed by atoms with E-state index >= 15 is 0 Å². The molecule has 3 heterocycles. The van der Waals surface area contributed by atoms with Crippen molar-refractivity contribution in [1.82, 2.24) is 24.4 Å². The zero-order valence-electron chi connectivity index (χ0n) is 31.5. The first-order chi connectivity index (χ1) is 24.2. The van der Waals surface area contributed by atoms with Gasteiger partial charge < -0.3 is 29.9 Å². The van der Waals surface area contributed by atoms with Gasteiger partial charge in [0.2, 0.25) is 5.91 Å². The first-order valence-electron chi connectivity index (χ1n) is 18.8. The topological polar surface area (TPSA) is 157 Å². The van der Waals surface area contributed by atoms with Gasteiger partial charge in [-0.1, -0.05) is 33.8 Å². The molecule has 52 heavy (non-hydrogen) atoms. The minimum absolute atomic E-state index is 0. The minimum atomic E-state index is -0.683. The number of esters is 1. The molecule has 1 unspecified atom stereocenters. The molecule has 0 spiro atoms. The summed E-state index contributed by atoms with van der Waals surface area (Å²) in [5.74, 6) is 1.55. The van der Waals surface area contributed by atoms with Crippen LogP contribution in [0.1, 0.15) is 79.1 Å². The molecular formula is C38H58ClN7O5S. The summed E-state index contributed by atoms with van der Waals surface area (Å²) in [6.07, 6.45) is 9.45. The van der Waals surface area contributed by atoms with Crippen LogP contribution in [0.4, 0.5) is 5.82 Å². The summed E-state index contributed by atoms with van der Waals surface area (Å²) in [5, 5.41) is 11.7. The number of amides is 1. The quantitative estimate of drug-likeness (QED) is 0.176. The molecule has 6 rings (SSSR count). The van der Waals surface area contributed by atoms with Crippen LogP contribution in [-0.2, 0) is 25.7 Å². The van der Waals surface area contributed by atoms with Crippen molar-refractivity contribution in [3.8, 4) is 0 Å². The number of aliphatic hydroxyl groups excluding tert-OH is 1. The number of nitrogens with two attached hydrogens (primary N) is 1. The fourth-order valence-corrected chi connectivity index (χ4v) is 10.7. The van der Waals surface area contributed by atoms with Crippen LogP contribution in [0.3, 0.4) is 0 Å². The molecule has 3 saturated carbocycles. The van der Waals surface area contributed by atoms with Gasteiger partial charge >= 0.3 is 5.97 Å². The third-order valence-electron chi connectivity index (χ3n) is 13.5. The summed E-state index contributed by atoms with van der Waals surface area (Å²) in [4.78, 5) is 57.4. The first kappa shape index (κ1) is 40.4. The molecule has 2 bridgehead atoms. The number of hydrogen-bond acceptors (Lipinski definition) is 11. The van der Waals surface area contributed by atoms with Crippen LogP contribution >= 0.6 is 24.2 Å². The Hall–Kier alpha value is -2.74. The highest BCUT2D eigenvalue weighted by molar-refractivity contribution is 7.99. The molecule has 2 aromatic heterocycles. The number of carbonyl (C=O) groups is 3. The fourth-order valence-electron chi connectivity index (χ4n) is 10.0. The molecule has 3 N–H and O–H groups in total. The van der Waals surface area contributed by atoms with Gasteiger partial charge in [-0.15, -0.1) is 19.0 Å². The highest BCUT2D eigenvalue weighted by atomic mass is 35.5. The van der Waals surface area contributed by atoms with Crippen LogP contribution < -0.4 is 10.6 Å². The van der Waals surface area contributed by atoms with Crippen LogP contribution in [-0.4, -0.2) is 104 Å². The second kappa shape index (κ2) is 15.9. The predicted octanol–water partition coefficient (Wildman–Crippen LogP) is 4.66. The van der Waals surface area contributed by atoms with Crippen molar-refractivity contribution in [2.45, 2.75) is 104 Å². The number of aryl methyl sites for hydroxylation is 1. The van der Waals surface area contributed by atoms with Crippen LogP contribution in [0.15, 0.2) is 25.3 Å². The van der Waals surface area contributed by atoms with E-state index < -0.39 is 23.0 Å². The van der Waals surface area contributed by atoms with Gasteiger partial charge in [0.25, 0.3) is 0 Å². The van der Waals surface area contributed by atoms with E-state index in [-0.39, 0.29) is 65.0 Å². The van der Waals surface area contributed by atoms with Crippen LogP contribution in [0, 0.1) is 34.0 Å². The molecule has 0 radical (unpaired) electrons. The Kier molecular flexibility index (Phi) is 12.4. The van der Waals surface area contributed by atoms with Crippen molar-refractivity contribution in [3.63, 3.8) is 0 Å². The number of aliphatic hydroxyl groups is 1. The largest absolute Gasteiger partial charge is 0.461 e. The van der Waals surface area contributed by atoms with E-state index in [1.54, 1.807) is 24.6 Å². The van der Waals surface area contributed by atoms with E-state index in [0.717, 1.165) is 56.5 Å². The zero-order chi connectivity index (χ0) is 36.7. The Bertz CT molecular complexity index is 1640. The number of ketones is 1. The van der Waals surface area contributed by atoms with Crippen LogP contribution in [0.5, 0.6) is 0 Å². The lowest BCUT2D eigenvalue weighted by Gasteiger charge is -2.61. The summed E-state index contributed by atoms with van der Waals surface area (Å²) in [6, 6.07) is 0.127. The Balaban J connectivity index is 0.00000523. The van der Waals surface area contributed by atoms with Crippen molar-refractivity contribution < 1.29 is 24.2 Å². The number of thioether (sulfide) groups is 1. The Labute approximate surface area is 318 Å². The standard InChI is InChI=1S/C38H57N7O5S.ClH/c1-7-36(4)19-28(37(5)24(2)9-13-38(25(3)33(36)49)14-10-27(46)32(37)38)50-30(48)21-51-18-8-15-43(6)29(47)12-17-45-23-42-31-34(40-22-41-35(31)45)44-16-11-26(39)20-44;/h7,22-26,28,32-33,49H,1,8-21,39H2,2-6H3;1H/t24-,25+,26?,28-,32-,33+,36-,37+,38+;/m1./s1. The van der Waals surface area contributed by atoms with Crippen molar-refractivity contribution >= 4 is 58.8 Å². The highest BCUT2D eigenvalue weighted by Crippen LogP contribution is 2.68. The fraction of sp³-hybridized carbons (Fsp3) is 0.737. The molecule has 0 aromatic carbocycles. The Morgan fingerprint density at radius 3 is 2.69 bits per heavy atom. The smallest absolute Gasteiger partial charge is 0.316 e. The molecule has 9 atom stereocenters. The van der Waals surface area contributed by atoms with Gasteiger partial charge in [0, 0.05) is 68.9 Å². The molecule has 14 heteroatoms. The lowest BCUT2D eigenvalue weighted by Crippen LogP contribution is -2.63. The van der Waals surface area contributed by atoms with Crippen molar-refractivity contribution in [3.05, 3.63) is 25.3 Å². The Morgan fingerprint density at radius 1 is 1.21 bits per heavy atom. The van der Waals surface area contributed by atoms with Gasteiger partial charge in [-0.25, -0.2) is 15.0 Å². The summed E-state index contributed by atoms with van der Waals surface area (Å²) < 4.78 is 8.26. The lowest BCUT2D eigenvalue weighted by atomic mass is 9.44. The van der Waals surface area contributed by atoms with Crippen molar-refractivity contribution in [2.24, 2.45) is 39.7 Å². The maximum atomic E-state index is 13.6. The Morgan fingerprint density at radius 2 is 1.98 bits per heavy atom. The molecule has 288 valence electrons.